The van der Waals surface area contributed by atoms with Crippen LogP contribution in [0, 0.1) is 13.8 Å². The summed E-state index contributed by atoms with van der Waals surface area (Å²) in [5.74, 6) is -0.252. The van der Waals surface area contributed by atoms with Crippen LogP contribution in [0.4, 0.5) is 0 Å². The molecule has 7 heteroatoms. The zero-order valence-corrected chi connectivity index (χ0v) is 15.5. The van der Waals surface area contributed by atoms with Gasteiger partial charge in [0.25, 0.3) is 5.91 Å². The largest absolute Gasteiger partial charge is 0.274 e. The zero-order valence-electron chi connectivity index (χ0n) is 14.0. The standard InChI is InChI=1S/C17H19Cl2N3O2/c1-11-13(8-9-17(23)21(3)24-4)12(2)22(20-11)10-14-15(18)6-5-7-16(14)19/h5-9H,10H2,1-4H3/b9-8+. The van der Waals surface area contributed by atoms with Gasteiger partial charge in [0.05, 0.1) is 19.3 Å². The Morgan fingerprint density at radius 3 is 2.54 bits per heavy atom. The summed E-state index contributed by atoms with van der Waals surface area (Å²) in [5, 5.41) is 6.87. The Hall–Kier alpha value is -1.82. The topological polar surface area (TPSA) is 47.4 Å². The third kappa shape index (κ3) is 3.98. The first-order valence-electron chi connectivity index (χ1n) is 7.32. The summed E-state index contributed by atoms with van der Waals surface area (Å²) in [6, 6.07) is 5.41. The van der Waals surface area contributed by atoms with Crippen molar-refractivity contribution in [1.29, 1.82) is 0 Å². The van der Waals surface area contributed by atoms with E-state index in [-0.39, 0.29) is 5.91 Å². The van der Waals surface area contributed by atoms with Crippen molar-refractivity contribution in [3.63, 3.8) is 0 Å². The number of carbonyl (C=O) groups excluding carboxylic acids is 1. The first kappa shape index (κ1) is 18.5. The van der Waals surface area contributed by atoms with Gasteiger partial charge in [-0.3, -0.25) is 14.3 Å². The second-order valence-electron chi connectivity index (χ2n) is 5.29. The molecule has 24 heavy (non-hydrogen) atoms. The average molecular weight is 368 g/mol. The van der Waals surface area contributed by atoms with Crippen LogP contribution in [0.25, 0.3) is 6.08 Å². The molecular weight excluding hydrogens is 349 g/mol. The number of rotatable bonds is 5. The van der Waals surface area contributed by atoms with Gasteiger partial charge in [-0.2, -0.15) is 5.10 Å². The molecule has 0 spiro atoms. The highest BCUT2D eigenvalue weighted by Crippen LogP contribution is 2.26. The Labute approximate surface area is 151 Å². The molecule has 0 aliphatic heterocycles. The highest BCUT2D eigenvalue weighted by atomic mass is 35.5. The molecule has 0 fully saturated rings. The highest BCUT2D eigenvalue weighted by molar-refractivity contribution is 6.35. The van der Waals surface area contributed by atoms with Gasteiger partial charge in [-0.05, 0) is 32.1 Å². The van der Waals surface area contributed by atoms with E-state index in [1.165, 1.54) is 13.2 Å². The summed E-state index contributed by atoms with van der Waals surface area (Å²) in [4.78, 5) is 16.7. The summed E-state index contributed by atoms with van der Waals surface area (Å²) in [5.41, 5.74) is 3.44. The Bertz CT molecular complexity index is 764. The predicted molar refractivity (Wildman–Crippen MR) is 96.1 cm³/mol. The molecule has 1 aromatic carbocycles. The summed E-state index contributed by atoms with van der Waals surface area (Å²) in [6.07, 6.45) is 3.19. The van der Waals surface area contributed by atoms with Crippen molar-refractivity contribution in [3.05, 3.63) is 56.8 Å². The van der Waals surface area contributed by atoms with Crippen LogP contribution >= 0.6 is 23.2 Å². The Morgan fingerprint density at radius 2 is 1.96 bits per heavy atom. The van der Waals surface area contributed by atoms with Gasteiger partial charge in [0.1, 0.15) is 0 Å². The maximum absolute atomic E-state index is 11.8. The van der Waals surface area contributed by atoms with Crippen molar-refractivity contribution < 1.29 is 9.63 Å². The predicted octanol–water partition coefficient (Wildman–Crippen LogP) is 3.89. The Kier molecular flexibility index (Phi) is 6.04. The normalized spacial score (nSPS) is 11.2. The molecule has 5 nitrogen and oxygen atoms in total. The van der Waals surface area contributed by atoms with Crippen LogP contribution in [-0.2, 0) is 16.2 Å². The first-order valence-corrected chi connectivity index (χ1v) is 8.07. The number of hydroxylamine groups is 2. The molecule has 2 aromatic rings. The van der Waals surface area contributed by atoms with Gasteiger partial charge in [-0.1, -0.05) is 29.3 Å². The van der Waals surface area contributed by atoms with Gasteiger partial charge in [0, 0.05) is 40.0 Å². The van der Waals surface area contributed by atoms with E-state index < -0.39 is 0 Å². The molecule has 1 heterocycles. The number of hydrogen-bond acceptors (Lipinski definition) is 3. The van der Waals surface area contributed by atoms with E-state index in [0.717, 1.165) is 27.6 Å². The lowest BCUT2D eigenvalue weighted by Crippen LogP contribution is -2.22. The second kappa shape index (κ2) is 7.83. The molecule has 1 aromatic heterocycles. The van der Waals surface area contributed by atoms with E-state index in [0.29, 0.717) is 16.6 Å². The van der Waals surface area contributed by atoms with E-state index in [2.05, 4.69) is 5.10 Å². The molecule has 0 atom stereocenters. The molecule has 0 radical (unpaired) electrons. The maximum Gasteiger partial charge on any atom is 0.269 e. The van der Waals surface area contributed by atoms with Crippen molar-refractivity contribution in [1.82, 2.24) is 14.8 Å². The lowest BCUT2D eigenvalue weighted by atomic mass is 10.1. The van der Waals surface area contributed by atoms with Crippen molar-refractivity contribution in [3.8, 4) is 0 Å². The molecule has 128 valence electrons. The third-order valence-electron chi connectivity index (χ3n) is 3.78. The van der Waals surface area contributed by atoms with Gasteiger partial charge < -0.3 is 0 Å². The fraction of sp³-hybridized carbons (Fsp3) is 0.294. The van der Waals surface area contributed by atoms with Gasteiger partial charge in [0.15, 0.2) is 0 Å². The van der Waals surface area contributed by atoms with E-state index in [9.17, 15) is 4.79 Å². The second-order valence-corrected chi connectivity index (χ2v) is 6.11. The maximum atomic E-state index is 11.8. The molecule has 0 saturated carbocycles. The quantitative estimate of drug-likeness (QED) is 0.594. The summed E-state index contributed by atoms with van der Waals surface area (Å²) < 4.78 is 1.83. The number of hydrogen-bond donors (Lipinski definition) is 0. The number of likely N-dealkylation sites (N-methyl/N-ethyl adjacent to an activating group) is 1. The van der Waals surface area contributed by atoms with Crippen LogP contribution in [0.1, 0.15) is 22.5 Å². The molecule has 0 aliphatic carbocycles. The molecule has 0 N–H and O–H groups in total. The SMILES string of the molecule is CON(C)C(=O)/C=C/c1c(C)nn(Cc2c(Cl)cccc2Cl)c1C. The number of aryl methyl sites for hydroxylation is 1. The third-order valence-corrected chi connectivity index (χ3v) is 4.49. The van der Waals surface area contributed by atoms with Crippen LogP contribution < -0.4 is 0 Å². The summed E-state index contributed by atoms with van der Waals surface area (Å²) >= 11 is 12.5. The minimum atomic E-state index is -0.252. The number of halogens is 2. The summed E-state index contributed by atoms with van der Waals surface area (Å²) in [7, 11) is 2.99. The molecule has 0 bridgehead atoms. The number of aromatic nitrogens is 2. The molecular formula is C17H19Cl2N3O2. The van der Waals surface area contributed by atoms with E-state index in [1.807, 2.05) is 18.5 Å². The minimum absolute atomic E-state index is 0.252. The monoisotopic (exact) mass is 367 g/mol. The minimum Gasteiger partial charge on any atom is -0.274 e. The average Bonchev–Trinajstić information content (AvgIpc) is 2.81. The van der Waals surface area contributed by atoms with Crippen LogP contribution in [0.5, 0.6) is 0 Å². The van der Waals surface area contributed by atoms with Crippen LogP contribution in [0.2, 0.25) is 10.0 Å². The van der Waals surface area contributed by atoms with Gasteiger partial charge in [-0.15, -0.1) is 0 Å². The number of carbonyl (C=O) groups is 1. The first-order chi connectivity index (χ1) is 11.3. The lowest BCUT2D eigenvalue weighted by Gasteiger charge is -2.10. The lowest BCUT2D eigenvalue weighted by molar-refractivity contribution is -0.162. The Morgan fingerprint density at radius 1 is 1.33 bits per heavy atom. The molecule has 0 unspecified atom stereocenters. The smallest absolute Gasteiger partial charge is 0.269 e. The Balaban J connectivity index is 2.29. The van der Waals surface area contributed by atoms with Gasteiger partial charge in [-0.25, -0.2) is 5.06 Å². The van der Waals surface area contributed by atoms with Crippen molar-refractivity contribution >= 4 is 35.2 Å². The van der Waals surface area contributed by atoms with Crippen molar-refractivity contribution in [2.75, 3.05) is 14.2 Å². The van der Waals surface area contributed by atoms with E-state index in [1.54, 1.807) is 31.3 Å². The number of benzene rings is 1. The fourth-order valence-corrected chi connectivity index (χ4v) is 2.81. The van der Waals surface area contributed by atoms with Gasteiger partial charge in [0.2, 0.25) is 0 Å². The van der Waals surface area contributed by atoms with E-state index in [4.69, 9.17) is 28.0 Å². The van der Waals surface area contributed by atoms with Crippen molar-refractivity contribution in [2.45, 2.75) is 20.4 Å². The summed E-state index contributed by atoms with van der Waals surface area (Å²) in [6.45, 7) is 4.29. The number of amides is 1. The fourth-order valence-electron chi connectivity index (χ4n) is 2.29. The van der Waals surface area contributed by atoms with E-state index >= 15 is 0 Å². The van der Waals surface area contributed by atoms with Gasteiger partial charge >= 0.3 is 0 Å². The van der Waals surface area contributed by atoms with Crippen LogP contribution in [0.15, 0.2) is 24.3 Å². The van der Waals surface area contributed by atoms with Crippen LogP contribution in [0.3, 0.4) is 0 Å². The number of nitrogens with zero attached hydrogens (tertiary/aromatic N) is 3. The molecule has 2 rings (SSSR count). The molecule has 0 saturated heterocycles. The van der Waals surface area contributed by atoms with Crippen molar-refractivity contribution in [2.24, 2.45) is 0 Å². The van der Waals surface area contributed by atoms with Crippen LogP contribution in [-0.4, -0.2) is 34.9 Å². The zero-order chi connectivity index (χ0) is 17.9. The molecule has 0 aliphatic rings. The molecule has 1 amide bonds. The highest BCUT2D eigenvalue weighted by Gasteiger charge is 2.13.